The largest absolute Gasteiger partial charge is 0.490 e. The minimum atomic E-state index is -1.09. The number of carboxylic acid groups (broad SMARTS) is 1. The van der Waals surface area contributed by atoms with Crippen LogP contribution in [0.1, 0.15) is 17.7 Å². The van der Waals surface area contributed by atoms with Gasteiger partial charge in [-0.3, -0.25) is 4.40 Å². The molecule has 4 rings (SSSR count). The number of carbonyl (C=O) groups is 1. The van der Waals surface area contributed by atoms with Crippen LogP contribution in [0.2, 0.25) is 0 Å². The number of aromatic nitrogens is 2. The first-order valence-corrected chi connectivity index (χ1v) is 12.1. The molecule has 0 spiro atoms. The van der Waals surface area contributed by atoms with Gasteiger partial charge in [0, 0.05) is 16.2 Å². The number of fused-ring (bicyclic) bond motifs is 1. The van der Waals surface area contributed by atoms with Crippen molar-refractivity contribution in [1.29, 1.82) is 10.5 Å². The van der Waals surface area contributed by atoms with E-state index in [1.807, 2.05) is 18.4 Å². The van der Waals surface area contributed by atoms with Gasteiger partial charge < -0.3 is 15.2 Å². The van der Waals surface area contributed by atoms with E-state index in [0.717, 1.165) is 16.2 Å². The summed E-state index contributed by atoms with van der Waals surface area (Å²) >= 11 is 3.08. The van der Waals surface area contributed by atoms with Crippen molar-refractivity contribution in [2.45, 2.75) is 16.9 Å². The molecule has 1 fully saturated rings. The van der Waals surface area contributed by atoms with E-state index in [0.29, 0.717) is 40.5 Å². The highest BCUT2D eigenvalue weighted by Crippen LogP contribution is 2.36. The van der Waals surface area contributed by atoms with Gasteiger partial charge in [-0.1, -0.05) is 6.07 Å². The molecule has 0 aliphatic carbocycles. The lowest BCUT2D eigenvalue weighted by Gasteiger charge is -2.28. The van der Waals surface area contributed by atoms with Crippen molar-refractivity contribution < 1.29 is 14.6 Å². The summed E-state index contributed by atoms with van der Waals surface area (Å²) in [5, 5.41) is 31.2. The minimum Gasteiger partial charge on any atom is -0.490 e. The lowest BCUT2D eigenvalue weighted by molar-refractivity contribution is 0.157. The smallest absolute Gasteiger partial charge is 0.405 e. The average molecular weight is 466 g/mol. The fourth-order valence-corrected chi connectivity index (χ4v) is 5.71. The summed E-state index contributed by atoms with van der Waals surface area (Å²) in [6.45, 7) is 0.120. The van der Waals surface area contributed by atoms with Crippen LogP contribution in [0.5, 0.6) is 5.75 Å². The van der Waals surface area contributed by atoms with Gasteiger partial charge in [0.15, 0.2) is 0 Å². The monoisotopic (exact) mass is 465 g/mol. The maximum absolute atomic E-state index is 11.3. The lowest BCUT2D eigenvalue weighted by Crippen LogP contribution is -2.52. The zero-order chi connectivity index (χ0) is 22.7. The van der Waals surface area contributed by atoms with Crippen LogP contribution in [0, 0.1) is 22.7 Å². The van der Waals surface area contributed by atoms with Crippen LogP contribution in [-0.2, 0) is 0 Å². The third-order valence-corrected chi connectivity index (χ3v) is 7.33. The number of nitrogens with zero attached hydrogens (tertiary/aromatic N) is 4. The van der Waals surface area contributed by atoms with E-state index >= 15 is 0 Å². The second-order valence-electron chi connectivity index (χ2n) is 7.33. The Morgan fingerprint density at radius 3 is 2.91 bits per heavy atom. The number of rotatable bonds is 6. The second-order valence-corrected chi connectivity index (χ2v) is 9.28. The maximum Gasteiger partial charge on any atom is 0.405 e. The summed E-state index contributed by atoms with van der Waals surface area (Å²) in [5.74, 6) is 1.82. The third kappa shape index (κ3) is 4.07. The van der Waals surface area contributed by atoms with Gasteiger partial charge in [0.05, 0.1) is 17.4 Å². The summed E-state index contributed by atoms with van der Waals surface area (Å²) in [5.41, 5.74) is 2.24. The van der Waals surface area contributed by atoms with Crippen molar-refractivity contribution in [3.8, 4) is 29.1 Å². The van der Waals surface area contributed by atoms with E-state index in [9.17, 15) is 20.4 Å². The Balaban J connectivity index is 1.78. The second kappa shape index (κ2) is 9.03. The standard InChI is InChI=1S/C22H19N5O3S2/c1-31-19-8-14(17-11-25-20-4-2-3-15(9-23)27(17)20)7-18(16(19)10-24)30-12-22(26-21(28)29)5-6-32-13-22/h2-4,7-8,11,26H,5-6,12-13H2,1H3,(H,28,29)/t22-/m1/s1. The number of pyridine rings is 1. The number of nitrogens with one attached hydrogen (secondary N) is 1. The number of amides is 1. The van der Waals surface area contributed by atoms with Crippen molar-refractivity contribution >= 4 is 35.3 Å². The summed E-state index contributed by atoms with van der Waals surface area (Å²) in [6, 6.07) is 13.3. The molecule has 1 aliphatic heterocycles. The van der Waals surface area contributed by atoms with Gasteiger partial charge >= 0.3 is 6.09 Å². The van der Waals surface area contributed by atoms with E-state index in [1.54, 1.807) is 40.6 Å². The Hall–Kier alpha value is -3.34. The maximum atomic E-state index is 11.3. The quantitative estimate of drug-likeness (QED) is 0.524. The van der Waals surface area contributed by atoms with Gasteiger partial charge in [-0.25, -0.2) is 9.78 Å². The first-order chi connectivity index (χ1) is 15.5. The Morgan fingerprint density at radius 2 is 2.25 bits per heavy atom. The van der Waals surface area contributed by atoms with Crippen LogP contribution < -0.4 is 10.1 Å². The molecule has 1 atom stereocenters. The highest BCUT2D eigenvalue weighted by Gasteiger charge is 2.37. The Kier molecular flexibility index (Phi) is 6.17. The molecule has 10 heteroatoms. The van der Waals surface area contributed by atoms with Gasteiger partial charge in [0.25, 0.3) is 0 Å². The average Bonchev–Trinajstić information content (AvgIpc) is 3.44. The molecule has 1 aromatic carbocycles. The van der Waals surface area contributed by atoms with E-state index in [1.165, 1.54) is 11.8 Å². The van der Waals surface area contributed by atoms with E-state index in [4.69, 9.17) is 4.74 Å². The zero-order valence-electron chi connectivity index (χ0n) is 17.2. The van der Waals surface area contributed by atoms with Gasteiger partial charge in [0.1, 0.15) is 41.4 Å². The van der Waals surface area contributed by atoms with E-state index in [2.05, 4.69) is 22.4 Å². The van der Waals surface area contributed by atoms with Crippen molar-refractivity contribution in [1.82, 2.24) is 14.7 Å². The highest BCUT2D eigenvalue weighted by molar-refractivity contribution is 7.99. The van der Waals surface area contributed by atoms with Gasteiger partial charge in [-0.2, -0.15) is 22.3 Å². The molecule has 2 aromatic heterocycles. The number of hydrogen-bond donors (Lipinski definition) is 2. The number of imidazole rings is 1. The normalized spacial score (nSPS) is 17.6. The topological polar surface area (TPSA) is 123 Å². The number of nitriles is 2. The lowest BCUT2D eigenvalue weighted by atomic mass is 10.0. The molecule has 3 heterocycles. The predicted molar refractivity (Wildman–Crippen MR) is 123 cm³/mol. The summed E-state index contributed by atoms with van der Waals surface area (Å²) < 4.78 is 7.86. The van der Waals surface area contributed by atoms with Crippen LogP contribution in [0.3, 0.4) is 0 Å². The first-order valence-electron chi connectivity index (χ1n) is 9.71. The molecule has 1 aliphatic rings. The highest BCUT2D eigenvalue weighted by atomic mass is 32.2. The van der Waals surface area contributed by atoms with Gasteiger partial charge in [-0.15, -0.1) is 11.8 Å². The molecule has 2 N–H and O–H groups in total. The summed E-state index contributed by atoms with van der Waals surface area (Å²) in [7, 11) is 0. The van der Waals surface area contributed by atoms with Crippen molar-refractivity contribution in [3.63, 3.8) is 0 Å². The first kappa shape index (κ1) is 21.9. The predicted octanol–water partition coefficient (Wildman–Crippen LogP) is 3.99. The molecule has 0 bridgehead atoms. The van der Waals surface area contributed by atoms with Crippen molar-refractivity contribution in [2.75, 3.05) is 24.4 Å². The molecule has 0 radical (unpaired) electrons. The van der Waals surface area contributed by atoms with Gasteiger partial charge in [0.2, 0.25) is 0 Å². The SMILES string of the molecule is CSc1cc(-c2cnc3cccc(C#N)n23)cc(OC[C@]2(NC(=O)O)CCSC2)c1C#N. The van der Waals surface area contributed by atoms with Gasteiger partial charge in [-0.05, 0) is 42.7 Å². The molecule has 0 unspecified atom stereocenters. The van der Waals surface area contributed by atoms with Crippen LogP contribution in [0.25, 0.3) is 16.9 Å². The third-order valence-electron chi connectivity index (χ3n) is 5.32. The van der Waals surface area contributed by atoms with Crippen LogP contribution >= 0.6 is 23.5 Å². The van der Waals surface area contributed by atoms with E-state index in [-0.39, 0.29) is 6.61 Å². The zero-order valence-corrected chi connectivity index (χ0v) is 18.8. The van der Waals surface area contributed by atoms with E-state index < -0.39 is 11.6 Å². The Morgan fingerprint density at radius 1 is 1.41 bits per heavy atom. The Bertz CT molecular complexity index is 1270. The summed E-state index contributed by atoms with van der Waals surface area (Å²) in [4.78, 5) is 16.5. The van der Waals surface area contributed by atoms with Crippen molar-refractivity contribution in [3.05, 3.63) is 47.8 Å². The molecule has 162 valence electrons. The molecular formula is C22H19N5O3S2. The fourth-order valence-electron chi connectivity index (χ4n) is 3.75. The fraction of sp³-hybridized carbons (Fsp3) is 0.273. The minimum absolute atomic E-state index is 0.120. The van der Waals surface area contributed by atoms with Crippen LogP contribution in [-0.4, -0.2) is 50.5 Å². The van der Waals surface area contributed by atoms with Crippen LogP contribution in [0.4, 0.5) is 4.79 Å². The number of benzene rings is 1. The summed E-state index contributed by atoms with van der Waals surface area (Å²) in [6.07, 6.45) is 3.12. The number of ether oxygens (including phenoxy) is 1. The molecule has 3 aromatic rings. The molecule has 8 nitrogen and oxygen atoms in total. The Labute approximate surface area is 193 Å². The number of thioether (sulfide) groups is 2. The molecule has 32 heavy (non-hydrogen) atoms. The molecule has 1 saturated heterocycles. The molecule has 1 amide bonds. The van der Waals surface area contributed by atoms with Crippen molar-refractivity contribution in [2.24, 2.45) is 0 Å². The van der Waals surface area contributed by atoms with Crippen LogP contribution in [0.15, 0.2) is 41.4 Å². The number of hydrogen-bond acceptors (Lipinski definition) is 7. The molecular weight excluding hydrogens is 446 g/mol. The molecule has 0 saturated carbocycles.